The molecule has 0 bridgehead atoms. The number of nitrogens with one attached hydrogen (secondary N) is 1. The van der Waals surface area contributed by atoms with Crippen molar-refractivity contribution in [2.75, 3.05) is 38.7 Å². The first-order valence-electron chi connectivity index (χ1n) is 13.8. The number of rotatable bonds is 4. The van der Waals surface area contributed by atoms with Crippen LogP contribution in [0.2, 0.25) is 0 Å². The molecule has 3 aromatic carbocycles. The van der Waals surface area contributed by atoms with Crippen molar-refractivity contribution in [2.24, 2.45) is 7.05 Å². The van der Waals surface area contributed by atoms with Gasteiger partial charge >= 0.3 is 6.03 Å². The van der Waals surface area contributed by atoms with Gasteiger partial charge in [-0.1, -0.05) is 30.3 Å². The van der Waals surface area contributed by atoms with Gasteiger partial charge in [0.1, 0.15) is 11.6 Å². The topological polar surface area (TPSA) is 87.0 Å². The zero-order valence-corrected chi connectivity index (χ0v) is 23.1. The van der Waals surface area contributed by atoms with E-state index in [0.717, 1.165) is 22.2 Å². The van der Waals surface area contributed by atoms with E-state index in [1.54, 1.807) is 24.1 Å². The molecule has 2 aliphatic rings. The third-order valence-electron chi connectivity index (χ3n) is 8.73. The predicted octanol–water partition coefficient (Wildman–Crippen LogP) is 5.08. The number of carbonyl (C=O) groups excluding carboxylic acids is 2. The van der Waals surface area contributed by atoms with Crippen LogP contribution in [0.3, 0.4) is 0 Å². The molecule has 4 aromatic rings. The number of methoxy groups -OCH3 is 1. The van der Waals surface area contributed by atoms with Gasteiger partial charge in [-0.25, -0.2) is 9.18 Å². The summed E-state index contributed by atoms with van der Waals surface area (Å²) in [5, 5.41) is 14.4. The fraction of sp³-hybridized carbons (Fsp3) is 0.312. The van der Waals surface area contributed by atoms with Gasteiger partial charge in [0, 0.05) is 54.8 Å². The van der Waals surface area contributed by atoms with Gasteiger partial charge in [0.25, 0.3) is 5.91 Å². The van der Waals surface area contributed by atoms with Crippen molar-refractivity contribution in [1.82, 2.24) is 14.4 Å². The maximum absolute atomic E-state index is 14.5. The Hall–Kier alpha value is -4.37. The number of para-hydroxylation sites is 1. The lowest BCUT2D eigenvalue weighted by molar-refractivity contribution is 0.0538. The second-order valence-corrected chi connectivity index (χ2v) is 10.9. The van der Waals surface area contributed by atoms with Crippen LogP contribution in [-0.2, 0) is 12.5 Å². The molecule has 0 radical (unpaired) electrons. The maximum atomic E-state index is 14.5. The molecule has 1 aromatic heterocycles. The number of aliphatic hydroxyl groups is 1. The third-order valence-corrected chi connectivity index (χ3v) is 8.73. The summed E-state index contributed by atoms with van der Waals surface area (Å²) < 4.78 is 22.0. The highest BCUT2D eigenvalue weighted by atomic mass is 19.1. The molecular formula is C32H33FN4O4. The lowest BCUT2D eigenvalue weighted by Crippen LogP contribution is -2.56. The van der Waals surface area contributed by atoms with E-state index in [1.807, 2.05) is 65.0 Å². The second-order valence-electron chi connectivity index (χ2n) is 10.9. The van der Waals surface area contributed by atoms with Crippen LogP contribution in [0.4, 0.5) is 14.9 Å². The van der Waals surface area contributed by atoms with Crippen LogP contribution in [-0.4, -0.2) is 64.8 Å². The minimum Gasteiger partial charge on any atom is -0.497 e. The fourth-order valence-corrected chi connectivity index (χ4v) is 6.63. The highest BCUT2D eigenvalue weighted by molar-refractivity contribution is 5.95. The molecule has 9 heteroatoms. The normalized spacial score (nSPS) is 17.9. The van der Waals surface area contributed by atoms with E-state index in [9.17, 15) is 19.1 Å². The van der Waals surface area contributed by atoms with Gasteiger partial charge in [0.15, 0.2) is 0 Å². The van der Waals surface area contributed by atoms with Gasteiger partial charge < -0.3 is 29.5 Å². The molecule has 3 heterocycles. The lowest BCUT2D eigenvalue weighted by atomic mass is 9.68. The van der Waals surface area contributed by atoms with Crippen LogP contribution >= 0.6 is 0 Å². The molecule has 41 heavy (non-hydrogen) atoms. The molecule has 1 spiro atoms. The van der Waals surface area contributed by atoms with Crippen LogP contribution in [0.1, 0.15) is 40.5 Å². The molecule has 1 saturated heterocycles. The zero-order valence-electron chi connectivity index (χ0n) is 23.1. The Morgan fingerprint density at radius 2 is 1.76 bits per heavy atom. The number of halogens is 1. The molecule has 0 unspecified atom stereocenters. The maximum Gasteiger partial charge on any atom is 0.322 e. The Morgan fingerprint density at radius 3 is 2.44 bits per heavy atom. The van der Waals surface area contributed by atoms with Gasteiger partial charge in [-0.15, -0.1) is 0 Å². The number of nitrogens with zero attached hydrogens (tertiary/aromatic N) is 3. The number of aliphatic hydroxyl groups excluding tert-OH is 1. The van der Waals surface area contributed by atoms with Crippen molar-refractivity contribution in [3.8, 4) is 5.75 Å². The lowest BCUT2D eigenvalue weighted by Gasteiger charge is -2.50. The van der Waals surface area contributed by atoms with Crippen molar-refractivity contribution in [3.63, 3.8) is 0 Å². The number of piperidine rings is 1. The van der Waals surface area contributed by atoms with Crippen LogP contribution in [0.15, 0.2) is 72.8 Å². The van der Waals surface area contributed by atoms with Gasteiger partial charge in [0.05, 0.1) is 31.0 Å². The van der Waals surface area contributed by atoms with E-state index in [4.69, 9.17) is 4.74 Å². The van der Waals surface area contributed by atoms with Crippen LogP contribution in [0.5, 0.6) is 5.75 Å². The molecule has 2 N–H and O–H groups in total. The van der Waals surface area contributed by atoms with E-state index in [1.165, 1.54) is 12.1 Å². The number of urea groups is 1. The molecule has 6 rings (SSSR count). The number of likely N-dealkylation sites (tertiary alicyclic amines) is 1. The molecule has 3 amide bonds. The number of hydrogen-bond acceptors (Lipinski definition) is 4. The monoisotopic (exact) mass is 556 g/mol. The molecule has 0 aliphatic carbocycles. The SMILES string of the molecule is COc1ccc2c3c(n(C)c2c1)[C@@H](CO)N(C(=O)Nc1ccccc1F)CC31CCN(C(=O)c2ccccc2)CC1. The largest absolute Gasteiger partial charge is 0.497 e. The molecule has 1 fully saturated rings. The van der Waals surface area contributed by atoms with Gasteiger partial charge in [-0.05, 0) is 54.8 Å². The first-order valence-corrected chi connectivity index (χ1v) is 13.8. The first-order chi connectivity index (χ1) is 19.9. The average Bonchev–Trinajstić information content (AvgIpc) is 3.31. The number of amides is 3. The number of fused-ring (bicyclic) bond motifs is 4. The van der Waals surface area contributed by atoms with Gasteiger partial charge in [0.2, 0.25) is 0 Å². The molecule has 2 aliphatic heterocycles. The quantitative estimate of drug-likeness (QED) is 0.367. The van der Waals surface area contributed by atoms with Gasteiger partial charge in [-0.2, -0.15) is 0 Å². The fourth-order valence-electron chi connectivity index (χ4n) is 6.63. The van der Waals surface area contributed by atoms with Gasteiger partial charge in [-0.3, -0.25) is 4.79 Å². The summed E-state index contributed by atoms with van der Waals surface area (Å²) in [6.07, 6.45) is 1.26. The van der Waals surface area contributed by atoms with Crippen molar-refractivity contribution in [3.05, 3.63) is 95.4 Å². The zero-order chi connectivity index (χ0) is 28.7. The first kappa shape index (κ1) is 26.8. The van der Waals surface area contributed by atoms with E-state index >= 15 is 0 Å². The summed E-state index contributed by atoms with van der Waals surface area (Å²) in [4.78, 5) is 30.5. The minimum atomic E-state index is -0.644. The summed E-state index contributed by atoms with van der Waals surface area (Å²) in [7, 11) is 3.56. The molecule has 8 nitrogen and oxygen atoms in total. The number of hydrogen-bond donors (Lipinski definition) is 2. The second kappa shape index (κ2) is 10.6. The summed E-state index contributed by atoms with van der Waals surface area (Å²) in [6.45, 7) is 1.07. The van der Waals surface area contributed by atoms with Crippen molar-refractivity contribution < 1.29 is 23.8 Å². The Labute approximate surface area is 237 Å². The average molecular weight is 557 g/mol. The van der Waals surface area contributed by atoms with Crippen molar-refractivity contribution >= 4 is 28.5 Å². The van der Waals surface area contributed by atoms with E-state index in [0.29, 0.717) is 43.8 Å². The number of anilines is 1. The Morgan fingerprint density at radius 1 is 1.05 bits per heavy atom. The Balaban J connectivity index is 1.42. The smallest absolute Gasteiger partial charge is 0.322 e. The Bertz CT molecular complexity index is 1610. The van der Waals surface area contributed by atoms with Crippen LogP contribution < -0.4 is 10.1 Å². The van der Waals surface area contributed by atoms with Crippen LogP contribution in [0, 0.1) is 5.82 Å². The molecule has 212 valence electrons. The highest BCUT2D eigenvalue weighted by Gasteiger charge is 2.50. The third kappa shape index (κ3) is 4.50. The highest BCUT2D eigenvalue weighted by Crippen LogP contribution is 2.50. The van der Waals surface area contributed by atoms with Crippen molar-refractivity contribution in [1.29, 1.82) is 0 Å². The minimum absolute atomic E-state index is 0.0125. The number of aryl methyl sites for hydroxylation is 1. The number of carbonyl (C=O) groups is 2. The van der Waals surface area contributed by atoms with Crippen LogP contribution in [0.25, 0.3) is 10.9 Å². The summed E-state index contributed by atoms with van der Waals surface area (Å²) >= 11 is 0. The number of benzene rings is 3. The number of ether oxygens (including phenoxy) is 1. The summed E-state index contributed by atoms with van der Waals surface area (Å²) in [6, 6.07) is 20.1. The standard InChI is InChI=1S/C32H33FN4O4/c1-35-26-18-22(41-2)12-13-23(26)28-29(35)27(19-38)37(31(40)34-25-11-7-6-10-24(25)33)20-32(28)14-16-36(17-15-32)30(39)21-8-4-3-5-9-21/h3-13,18,27,38H,14-17,19-20H2,1-2H3,(H,34,40)/t27-/m1/s1. The summed E-state index contributed by atoms with van der Waals surface area (Å²) in [5.41, 5.74) is 3.13. The predicted molar refractivity (Wildman–Crippen MR) is 155 cm³/mol. The van der Waals surface area contributed by atoms with E-state index in [2.05, 4.69) is 5.32 Å². The van der Waals surface area contributed by atoms with E-state index < -0.39 is 23.3 Å². The molecule has 1 atom stereocenters. The van der Waals surface area contributed by atoms with E-state index in [-0.39, 0.29) is 18.2 Å². The summed E-state index contributed by atoms with van der Waals surface area (Å²) in [5.74, 6) is 0.169. The molecular weight excluding hydrogens is 523 g/mol. The van der Waals surface area contributed by atoms with Crippen molar-refractivity contribution in [2.45, 2.75) is 24.3 Å². The Kier molecular flexibility index (Phi) is 6.91. The molecule has 0 saturated carbocycles. The number of aromatic nitrogens is 1.